The number of carboxylic acid groups (broad SMARTS) is 1. The first-order chi connectivity index (χ1) is 11.6. The van der Waals surface area contributed by atoms with E-state index in [2.05, 4.69) is 6.07 Å². The average Bonchev–Trinajstić information content (AvgIpc) is 2.82. The fourth-order valence-corrected chi connectivity index (χ4v) is 4.20. The number of rotatable bonds is 3. The molecule has 2 aliphatic rings. The summed E-state index contributed by atoms with van der Waals surface area (Å²) in [5.74, 6) is -0.402. The number of hydrogen-bond donors (Lipinski definition) is 1. The summed E-state index contributed by atoms with van der Waals surface area (Å²) in [4.78, 5) is 11.5. The van der Waals surface area contributed by atoms with Gasteiger partial charge in [0.05, 0.1) is 29.5 Å². The Kier molecular flexibility index (Phi) is 3.58. The fraction of sp³-hybridized carbons (Fsp3) is 0.474. The van der Waals surface area contributed by atoms with Crippen molar-refractivity contribution in [3.05, 3.63) is 34.5 Å². The second kappa shape index (κ2) is 5.64. The lowest BCUT2D eigenvalue weighted by Crippen LogP contribution is -2.30. The number of carboxylic acids is 1. The summed E-state index contributed by atoms with van der Waals surface area (Å²) in [7, 11) is 0. The minimum atomic E-state index is -0.866. The van der Waals surface area contributed by atoms with Gasteiger partial charge in [0.1, 0.15) is 12.6 Å². The number of ether oxygens (including phenoxy) is 1. The number of aryl methyl sites for hydroxylation is 1. The Morgan fingerprint density at radius 2 is 2.25 bits per heavy atom. The zero-order valence-electron chi connectivity index (χ0n) is 13.7. The molecule has 1 saturated carbocycles. The lowest BCUT2D eigenvalue weighted by Gasteiger charge is -2.37. The topological polar surface area (TPSA) is 75.2 Å². The Labute approximate surface area is 140 Å². The fourth-order valence-electron chi connectivity index (χ4n) is 4.20. The number of aliphatic carboxylic acids is 1. The molecule has 124 valence electrons. The van der Waals surface area contributed by atoms with Crippen LogP contribution < -0.4 is 0 Å². The van der Waals surface area contributed by atoms with Gasteiger partial charge < -0.3 is 14.4 Å². The van der Waals surface area contributed by atoms with Gasteiger partial charge in [-0.3, -0.25) is 4.79 Å². The van der Waals surface area contributed by atoms with Crippen LogP contribution in [0.1, 0.15) is 47.8 Å². The Morgan fingerprint density at radius 3 is 2.88 bits per heavy atom. The first-order valence-corrected chi connectivity index (χ1v) is 8.50. The highest BCUT2D eigenvalue weighted by atomic mass is 16.5. The molecule has 24 heavy (non-hydrogen) atoms. The van der Waals surface area contributed by atoms with Gasteiger partial charge in [-0.25, -0.2) is 0 Å². The molecule has 5 heteroatoms. The molecule has 1 aromatic carbocycles. The Morgan fingerprint density at radius 1 is 1.46 bits per heavy atom. The molecule has 1 aliphatic heterocycles. The number of nitrogens with zero attached hydrogens (tertiary/aromatic N) is 2. The maximum atomic E-state index is 11.5. The third kappa shape index (κ3) is 2.14. The van der Waals surface area contributed by atoms with E-state index in [1.807, 2.05) is 23.6 Å². The first-order valence-electron chi connectivity index (χ1n) is 8.50. The summed E-state index contributed by atoms with van der Waals surface area (Å²) < 4.78 is 7.97. The third-order valence-corrected chi connectivity index (χ3v) is 5.46. The van der Waals surface area contributed by atoms with Gasteiger partial charge in [-0.15, -0.1) is 0 Å². The van der Waals surface area contributed by atoms with Crippen molar-refractivity contribution in [3.8, 4) is 6.07 Å². The van der Waals surface area contributed by atoms with Gasteiger partial charge >= 0.3 is 5.97 Å². The van der Waals surface area contributed by atoms with E-state index in [-0.39, 0.29) is 12.6 Å². The highest BCUT2D eigenvalue weighted by Crippen LogP contribution is 2.46. The smallest absolute Gasteiger partial charge is 0.323 e. The van der Waals surface area contributed by atoms with Crippen LogP contribution in [0.5, 0.6) is 0 Å². The Balaban J connectivity index is 2.04. The summed E-state index contributed by atoms with van der Waals surface area (Å²) in [5.41, 5.74) is 4.64. The van der Waals surface area contributed by atoms with E-state index in [0.717, 1.165) is 47.0 Å². The van der Waals surface area contributed by atoms with Crippen LogP contribution in [0.2, 0.25) is 0 Å². The summed E-state index contributed by atoms with van der Waals surface area (Å²) in [5, 5.41) is 19.9. The van der Waals surface area contributed by atoms with E-state index in [1.165, 1.54) is 6.42 Å². The molecule has 2 heterocycles. The Bertz CT molecular complexity index is 871. The molecule has 4 rings (SSSR count). The molecule has 0 radical (unpaired) electrons. The second-order valence-electron chi connectivity index (χ2n) is 6.84. The van der Waals surface area contributed by atoms with E-state index < -0.39 is 5.97 Å². The molecule has 5 nitrogen and oxygen atoms in total. The van der Waals surface area contributed by atoms with Crippen molar-refractivity contribution >= 4 is 16.9 Å². The van der Waals surface area contributed by atoms with Gasteiger partial charge in [-0.2, -0.15) is 5.26 Å². The summed E-state index contributed by atoms with van der Waals surface area (Å²) >= 11 is 0. The molecule has 1 atom stereocenters. The van der Waals surface area contributed by atoms with Gasteiger partial charge in [-0.05, 0) is 49.3 Å². The number of benzene rings is 1. The minimum absolute atomic E-state index is 0.0415. The van der Waals surface area contributed by atoms with Gasteiger partial charge in [0.15, 0.2) is 0 Å². The lowest BCUT2D eigenvalue weighted by atomic mass is 9.78. The normalized spacial score (nSPS) is 20.4. The van der Waals surface area contributed by atoms with Crippen LogP contribution in [-0.2, 0) is 22.5 Å². The van der Waals surface area contributed by atoms with Crippen LogP contribution in [0.25, 0.3) is 10.9 Å². The summed E-state index contributed by atoms with van der Waals surface area (Å²) in [6, 6.07) is 6.04. The third-order valence-electron chi connectivity index (χ3n) is 5.46. The van der Waals surface area contributed by atoms with Crippen LogP contribution in [0.4, 0.5) is 0 Å². The average molecular weight is 324 g/mol. The first kappa shape index (κ1) is 15.2. The lowest BCUT2D eigenvalue weighted by molar-refractivity contribution is -0.137. The zero-order chi connectivity index (χ0) is 16.8. The van der Waals surface area contributed by atoms with Gasteiger partial charge in [-0.1, -0.05) is 12.5 Å². The van der Waals surface area contributed by atoms with Crippen LogP contribution in [0.3, 0.4) is 0 Å². The molecule has 1 fully saturated rings. The largest absolute Gasteiger partial charge is 0.480 e. The van der Waals surface area contributed by atoms with E-state index >= 15 is 0 Å². The number of carbonyl (C=O) groups is 1. The molecule has 0 spiro atoms. The zero-order valence-corrected chi connectivity index (χ0v) is 13.7. The number of fused-ring (bicyclic) bond motifs is 3. The maximum absolute atomic E-state index is 11.5. The van der Waals surface area contributed by atoms with Gasteiger partial charge in [0.25, 0.3) is 0 Å². The molecule has 0 saturated heterocycles. The molecule has 0 unspecified atom stereocenters. The molecule has 0 amide bonds. The van der Waals surface area contributed by atoms with E-state index in [4.69, 9.17) is 4.74 Å². The summed E-state index contributed by atoms with van der Waals surface area (Å²) in [6.45, 7) is 2.53. The predicted octanol–water partition coefficient (Wildman–Crippen LogP) is 3.32. The molecule has 1 aliphatic carbocycles. The van der Waals surface area contributed by atoms with Crippen LogP contribution in [0, 0.1) is 24.2 Å². The minimum Gasteiger partial charge on any atom is -0.480 e. The standard InChI is InChI=1S/C19H20N2O3/c1-11-5-6-13(9-20)16-14-7-8-24-19(12-3-2-4-12)18(14)21(17(11)16)10-15(22)23/h5-6,12,19H,2-4,7-8,10H2,1H3,(H,22,23)/t19-/m1/s1. The van der Waals surface area contributed by atoms with E-state index in [1.54, 1.807) is 0 Å². The monoisotopic (exact) mass is 324 g/mol. The van der Waals surface area contributed by atoms with Crippen LogP contribution in [-0.4, -0.2) is 22.2 Å². The van der Waals surface area contributed by atoms with Gasteiger partial charge in [0, 0.05) is 5.39 Å². The highest BCUT2D eigenvalue weighted by Gasteiger charge is 2.37. The van der Waals surface area contributed by atoms with E-state index in [0.29, 0.717) is 18.1 Å². The van der Waals surface area contributed by atoms with Crippen molar-refractivity contribution in [2.75, 3.05) is 6.61 Å². The van der Waals surface area contributed by atoms with Crippen molar-refractivity contribution in [2.45, 2.75) is 45.3 Å². The van der Waals surface area contributed by atoms with Crippen molar-refractivity contribution in [1.82, 2.24) is 4.57 Å². The van der Waals surface area contributed by atoms with Crippen LogP contribution >= 0.6 is 0 Å². The molecular formula is C19H20N2O3. The van der Waals surface area contributed by atoms with Crippen molar-refractivity contribution in [1.29, 1.82) is 5.26 Å². The van der Waals surface area contributed by atoms with Crippen LogP contribution in [0.15, 0.2) is 12.1 Å². The molecule has 2 aromatic rings. The molecule has 1 N–H and O–H groups in total. The molecule has 0 bridgehead atoms. The van der Waals surface area contributed by atoms with Crippen molar-refractivity contribution in [3.63, 3.8) is 0 Å². The quantitative estimate of drug-likeness (QED) is 0.940. The molecule has 1 aromatic heterocycles. The number of hydrogen-bond acceptors (Lipinski definition) is 3. The highest BCUT2D eigenvalue weighted by molar-refractivity contribution is 5.94. The van der Waals surface area contributed by atoms with Crippen molar-refractivity contribution in [2.24, 2.45) is 5.92 Å². The predicted molar refractivity (Wildman–Crippen MR) is 88.8 cm³/mol. The number of nitriles is 1. The van der Waals surface area contributed by atoms with Crippen molar-refractivity contribution < 1.29 is 14.6 Å². The Hall–Kier alpha value is -2.32. The summed E-state index contributed by atoms with van der Waals surface area (Å²) in [6.07, 6.45) is 4.16. The van der Waals surface area contributed by atoms with Gasteiger partial charge in [0.2, 0.25) is 0 Å². The number of aromatic nitrogens is 1. The molecular weight excluding hydrogens is 304 g/mol. The second-order valence-corrected chi connectivity index (χ2v) is 6.84. The SMILES string of the molecule is Cc1ccc(C#N)c2c3c(n(CC(=O)O)c12)[C@@H](C1CCC1)OCC3. The van der Waals surface area contributed by atoms with E-state index in [9.17, 15) is 15.2 Å². The maximum Gasteiger partial charge on any atom is 0.323 e.